The molecule has 7 nitrogen and oxygen atoms in total. The smallest absolute Gasteiger partial charge is 0.338 e. The van der Waals surface area contributed by atoms with Crippen molar-refractivity contribution in [3.05, 3.63) is 53.0 Å². The average molecular weight is 372 g/mol. The summed E-state index contributed by atoms with van der Waals surface area (Å²) in [4.78, 5) is 27.5. The number of carbonyl (C=O) groups excluding carboxylic acids is 2. The summed E-state index contributed by atoms with van der Waals surface area (Å²) in [5.41, 5.74) is 6.23. The van der Waals surface area contributed by atoms with Gasteiger partial charge < -0.3 is 19.9 Å². The molecular formula is C18H16N2O5S. The van der Waals surface area contributed by atoms with Crippen molar-refractivity contribution in [2.45, 2.75) is 6.61 Å². The fourth-order valence-corrected chi connectivity index (χ4v) is 3.14. The van der Waals surface area contributed by atoms with Crippen molar-refractivity contribution in [2.24, 2.45) is 5.73 Å². The molecule has 0 saturated heterocycles. The van der Waals surface area contributed by atoms with Crippen LogP contribution in [0.15, 0.2) is 42.5 Å². The average Bonchev–Trinajstić information content (AvgIpc) is 3.07. The van der Waals surface area contributed by atoms with Gasteiger partial charge in [-0.25, -0.2) is 9.78 Å². The molecule has 3 aromatic rings. The van der Waals surface area contributed by atoms with Crippen LogP contribution in [0.5, 0.6) is 11.5 Å². The van der Waals surface area contributed by atoms with Crippen molar-refractivity contribution in [1.82, 2.24) is 4.98 Å². The van der Waals surface area contributed by atoms with Crippen molar-refractivity contribution in [2.75, 3.05) is 13.7 Å². The summed E-state index contributed by atoms with van der Waals surface area (Å²) < 4.78 is 16.8. The van der Waals surface area contributed by atoms with Crippen LogP contribution in [0.1, 0.15) is 15.4 Å². The predicted octanol–water partition coefficient (Wildman–Crippen LogP) is 2.53. The highest BCUT2D eigenvalue weighted by Crippen LogP contribution is 2.28. The van der Waals surface area contributed by atoms with E-state index in [1.54, 1.807) is 0 Å². The molecule has 8 heteroatoms. The standard InChI is InChI=1S/C18H16N2O5S/c1-23-14-8-11(6-7-13(14)24-9-16(19)21)18(22)25-10-17-20-12-4-2-3-5-15(12)26-17/h2-8H,9-10H2,1H3,(H2,19,21). The van der Waals surface area contributed by atoms with Gasteiger partial charge in [0.05, 0.1) is 22.9 Å². The minimum Gasteiger partial charge on any atom is -0.493 e. The minimum atomic E-state index is -0.605. The predicted molar refractivity (Wildman–Crippen MR) is 96.4 cm³/mol. The summed E-state index contributed by atoms with van der Waals surface area (Å²) in [5.74, 6) is -0.495. The van der Waals surface area contributed by atoms with E-state index in [-0.39, 0.29) is 13.2 Å². The number of nitrogens with two attached hydrogens (primary N) is 1. The van der Waals surface area contributed by atoms with E-state index in [0.717, 1.165) is 10.2 Å². The van der Waals surface area contributed by atoms with Gasteiger partial charge in [0.25, 0.3) is 5.91 Å². The van der Waals surface area contributed by atoms with Gasteiger partial charge in [0.2, 0.25) is 0 Å². The van der Waals surface area contributed by atoms with Crippen molar-refractivity contribution in [1.29, 1.82) is 0 Å². The third-order valence-electron chi connectivity index (χ3n) is 3.43. The zero-order valence-corrected chi connectivity index (χ0v) is 14.7. The fraction of sp³-hybridized carbons (Fsp3) is 0.167. The van der Waals surface area contributed by atoms with Crippen molar-refractivity contribution in [3.8, 4) is 11.5 Å². The zero-order valence-electron chi connectivity index (χ0n) is 13.9. The first-order valence-corrected chi connectivity index (χ1v) is 8.49. The maximum absolute atomic E-state index is 12.3. The quantitative estimate of drug-likeness (QED) is 0.640. The molecule has 0 bridgehead atoms. The van der Waals surface area contributed by atoms with Gasteiger partial charge in [-0.15, -0.1) is 11.3 Å². The van der Waals surface area contributed by atoms with Crippen LogP contribution in [0.3, 0.4) is 0 Å². The molecule has 1 heterocycles. The van der Waals surface area contributed by atoms with E-state index < -0.39 is 11.9 Å². The van der Waals surface area contributed by atoms with Crippen LogP contribution in [0, 0.1) is 0 Å². The number of benzene rings is 2. The second kappa shape index (κ2) is 7.83. The van der Waals surface area contributed by atoms with Gasteiger partial charge in [0.15, 0.2) is 18.1 Å². The lowest BCUT2D eigenvalue weighted by Gasteiger charge is -2.10. The Morgan fingerprint density at radius 1 is 1.15 bits per heavy atom. The van der Waals surface area contributed by atoms with E-state index in [1.807, 2.05) is 24.3 Å². The molecule has 134 valence electrons. The first-order valence-electron chi connectivity index (χ1n) is 7.67. The van der Waals surface area contributed by atoms with E-state index >= 15 is 0 Å². The van der Waals surface area contributed by atoms with Crippen LogP contribution in [-0.4, -0.2) is 30.6 Å². The molecule has 0 unspecified atom stereocenters. The molecule has 0 spiro atoms. The maximum atomic E-state index is 12.3. The number of rotatable bonds is 7. The lowest BCUT2D eigenvalue weighted by Crippen LogP contribution is -2.20. The Bertz CT molecular complexity index is 921. The Balaban J connectivity index is 1.67. The third-order valence-corrected chi connectivity index (χ3v) is 4.44. The number of ether oxygens (including phenoxy) is 3. The van der Waals surface area contributed by atoms with E-state index in [4.69, 9.17) is 19.9 Å². The number of hydrogen-bond acceptors (Lipinski definition) is 7. The number of primary amides is 1. The SMILES string of the molecule is COc1cc(C(=O)OCc2nc3ccccc3s2)ccc1OCC(N)=O. The van der Waals surface area contributed by atoms with Gasteiger partial charge in [-0.05, 0) is 30.3 Å². The second-order valence-corrected chi connectivity index (χ2v) is 6.39. The lowest BCUT2D eigenvalue weighted by molar-refractivity contribution is -0.119. The van der Waals surface area contributed by atoms with Gasteiger partial charge in [0, 0.05) is 0 Å². The van der Waals surface area contributed by atoms with Gasteiger partial charge in [-0.1, -0.05) is 12.1 Å². The van der Waals surface area contributed by atoms with Crippen molar-refractivity contribution >= 4 is 33.4 Å². The lowest BCUT2D eigenvalue weighted by atomic mass is 10.2. The van der Waals surface area contributed by atoms with Gasteiger partial charge in [-0.3, -0.25) is 4.79 Å². The molecule has 2 N–H and O–H groups in total. The summed E-state index contributed by atoms with van der Waals surface area (Å²) in [6.45, 7) is -0.196. The number of thiazole rings is 1. The molecule has 0 aliphatic heterocycles. The van der Waals surface area contributed by atoms with Crippen molar-refractivity contribution in [3.63, 3.8) is 0 Å². The van der Waals surface area contributed by atoms with Crippen LogP contribution in [0.2, 0.25) is 0 Å². The Hall–Kier alpha value is -3.13. The van der Waals surface area contributed by atoms with Crippen LogP contribution in [0.25, 0.3) is 10.2 Å². The van der Waals surface area contributed by atoms with Crippen LogP contribution in [0.4, 0.5) is 0 Å². The van der Waals surface area contributed by atoms with Crippen LogP contribution >= 0.6 is 11.3 Å². The number of carbonyl (C=O) groups is 2. The maximum Gasteiger partial charge on any atom is 0.338 e. The molecule has 1 aromatic heterocycles. The summed E-state index contributed by atoms with van der Waals surface area (Å²) in [5, 5.41) is 0.716. The molecule has 26 heavy (non-hydrogen) atoms. The molecule has 0 aliphatic carbocycles. The highest BCUT2D eigenvalue weighted by atomic mass is 32.1. The normalized spacial score (nSPS) is 10.5. The minimum absolute atomic E-state index is 0.0838. The largest absolute Gasteiger partial charge is 0.493 e. The summed E-state index contributed by atoms with van der Waals surface area (Å²) in [7, 11) is 1.43. The van der Waals surface area contributed by atoms with E-state index in [2.05, 4.69) is 4.98 Å². The molecule has 0 radical (unpaired) electrons. The number of esters is 1. The number of methoxy groups -OCH3 is 1. The molecule has 2 aromatic carbocycles. The molecule has 0 atom stereocenters. The second-order valence-electron chi connectivity index (χ2n) is 5.27. The number of hydrogen-bond donors (Lipinski definition) is 1. The van der Waals surface area contributed by atoms with Crippen LogP contribution < -0.4 is 15.2 Å². The Morgan fingerprint density at radius 2 is 1.96 bits per heavy atom. The van der Waals surface area contributed by atoms with Gasteiger partial charge in [0.1, 0.15) is 11.6 Å². The molecule has 0 saturated carbocycles. The molecule has 0 fully saturated rings. The first-order chi connectivity index (χ1) is 12.6. The number of aromatic nitrogens is 1. The number of amides is 1. The Kier molecular flexibility index (Phi) is 5.33. The Labute approximate surface area is 153 Å². The first kappa shape index (κ1) is 17.7. The summed E-state index contributed by atoms with van der Waals surface area (Å²) in [6, 6.07) is 12.3. The molecule has 3 rings (SSSR count). The molecule has 1 amide bonds. The number of nitrogens with zero attached hydrogens (tertiary/aromatic N) is 1. The van der Waals surface area contributed by atoms with Gasteiger partial charge in [-0.2, -0.15) is 0 Å². The van der Waals surface area contributed by atoms with Crippen molar-refractivity contribution < 1.29 is 23.8 Å². The third kappa shape index (κ3) is 4.09. The highest BCUT2D eigenvalue weighted by Gasteiger charge is 2.14. The summed E-state index contributed by atoms with van der Waals surface area (Å²) in [6.07, 6.45) is 0. The summed E-state index contributed by atoms with van der Waals surface area (Å²) >= 11 is 1.48. The topological polar surface area (TPSA) is 101 Å². The van der Waals surface area contributed by atoms with Crippen LogP contribution in [-0.2, 0) is 16.1 Å². The number of fused-ring (bicyclic) bond motifs is 1. The molecular weight excluding hydrogens is 356 g/mol. The number of para-hydroxylation sites is 1. The van der Waals surface area contributed by atoms with E-state index in [0.29, 0.717) is 22.1 Å². The fourth-order valence-electron chi connectivity index (χ4n) is 2.25. The van der Waals surface area contributed by atoms with Gasteiger partial charge >= 0.3 is 5.97 Å². The zero-order chi connectivity index (χ0) is 18.5. The van der Waals surface area contributed by atoms with E-state index in [1.165, 1.54) is 36.6 Å². The highest BCUT2D eigenvalue weighted by molar-refractivity contribution is 7.18. The monoisotopic (exact) mass is 372 g/mol. The Morgan fingerprint density at radius 3 is 2.69 bits per heavy atom. The van der Waals surface area contributed by atoms with E-state index in [9.17, 15) is 9.59 Å². The molecule has 0 aliphatic rings.